The molecule has 0 saturated carbocycles. The third-order valence-corrected chi connectivity index (χ3v) is 3.67. The van der Waals surface area contributed by atoms with Gasteiger partial charge in [0.2, 0.25) is 0 Å². The number of carbonyl (C=O) groups excluding carboxylic acids is 1. The van der Waals surface area contributed by atoms with Crippen LogP contribution in [0.1, 0.15) is 12.8 Å². The van der Waals surface area contributed by atoms with Gasteiger partial charge in [0, 0.05) is 24.8 Å². The van der Waals surface area contributed by atoms with Gasteiger partial charge in [-0.15, -0.1) is 13.2 Å². The van der Waals surface area contributed by atoms with Crippen molar-refractivity contribution < 1.29 is 22.7 Å². The number of nitrogens with one attached hydrogen (secondary N) is 2. The van der Waals surface area contributed by atoms with Crippen molar-refractivity contribution in [3.63, 3.8) is 0 Å². The highest BCUT2D eigenvalue weighted by atomic mass is 19.4. The number of amides is 2. The zero-order valence-electron chi connectivity index (χ0n) is 13.6. The highest BCUT2D eigenvalue weighted by Gasteiger charge is 2.30. The second kappa shape index (κ2) is 7.46. The molecule has 10 heteroatoms. The first-order chi connectivity index (χ1) is 12.4. The van der Waals surface area contributed by atoms with Crippen molar-refractivity contribution in [1.82, 2.24) is 9.97 Å². The van der Waals surface area contributed by atoms with Crippen molar-refractivity contribution >= 4 is 23.4 Å². The predicted octanol–water partition coefficient (Wildman–Crippen LogP) is 3.62. The minimum absolute atomic E-state index is 0.311. The van der Waals surface area contributed by atoms with Crippen molar-refractivity contribution in [3.8, 4) is 5.75 Å². The summed E-state index contributed by atoms with van der Waals surface area (Å²) in [4.78, 5) is 22.3. The van der Waals surface area contributed by atoms with Gasteiger partial charge in [0.05, 0.1) is 0 Å². The van der Waals surface area contributed by atoms with Crippen LogP contribution in [0.25, 0.3) is 0 Å². The molecule has 1 aromatic heterocycles. The molecular weight excluding hydrogens is 351 g/mol. The third-order valence-electron chi connectivity index (χ3n) is 3.67. The van der Waals surface area contributed by atoms with Crippen LogP contribution in [0.4, 0.5) is 35.3 Å². The normalized spacial score (nSPS) is 14.2. The summed E-state index contributed by atoms with van der Waals surface area (Å²) in [5, 5.41) is 5.08. The summed E-state index contributed by atoms with van der Waals surface area (Å²) in [6.45, 7) is 1.82. The first kappa shape index (κ1) is 17.8. The first-order valence-corrected chi connectivity index (χ1v) is 7.90. The van der Waals surface area contributed by atoms with Crippen molar-refractivity contribution in [3.05, 3.63) is 36.7 Å². The van der Waals surface area contributed by atoms with Crippen molar-refractivity contribution in [2.75, 3.05) is 28.6 Å². The number of hydrogen-bond donors (Lipinski definition) is 2. The van der Waals surface area contributed by atoms with Gasteiger partial charge in [-0.3, -0.25) is 5.32 Å². The molecule has 1 saturated heterocycles. The summed E-state index contributed by atoms with van der Waals surface area (Å²) in [5.41, 5.74) is 0.311. The fourth-order valence-electron chi connectivity index (χ4n) is 2.55. The van der Waals surface area contributed by atoms with Crippen LogP contribution in [-0.4, -0.2) is 35.5 Å². The number of aromatic nitrogens is 2. The van der Waals surface area contributed by atoms with E-state index in [2.05, 4.69) is 30.2 Å². The second-order valence-electron chi connectivity index (χ2n) is 5.61. The molecule has 0 bridgehead atoms. The highest BCUT2D eigenvalue weighted by molar-refractivity contribution is 5.99. The number of ether oxygens (including phenoxy) is 1. The minimum atomic E-state index is -4.76. The van der Waals surface area contributed by atoms with Gasteiger partial charge in [0.15, 0.2) is 0 Å². The van der Waals surface area contributed by atoms with E-state index in [-0.39, 0.29) is 5.75 Å². The number of rotatable bonds is 4. The maximum absolute atomic E-state index is 12.1. The number of alkyl halides is 3. The van der Waals surface area contributed by atoms with Gasteiger partial charge >= 0.3 is 12.4 Å². The Balaban J connectivity index is 1.58. The lowest BCUT2D eigenvalue weighted by Gasteiger charge is -2.16. The van der Waals surface area contributed by atoms with Crippen LogP contribution in [-0.2, 0) is 0 Å². The summed E-state index contributed by atoms with van der Waals surface area (Å²) in [6, 6.07) is 5.93. The zero-order chi connectivity index (χ0) is 18.6. The smallest absolute Gasteiger partial charge is 0.406 e. The molecule has 2 heterocycles. The third kappa shape index (κ3) is 4.98. The molecule has 0 atom stereocenters. The lowest BCUT2D eigenvalue weighted by Crippen LogP contribution is -2.22. The quantitative estimate of drug-likeness (QED) is 0.863. The van der Waals surface area contributed by atoms with E-state index in [1.807, 2.05) is 0 Å². The Morgan fingerprint density at radius 1 is 1.08 bits per heavy atom. The molecule has 138 valence electrons. The first-order valence-electron chi connectivity index (χ1n) is 7.90. The lowest BCUT2D eigenvalue weighted by molar-refractivity contribution is -0.274. The maximum Gasteiger partial charge on any atom is 0.573 e. The van der Waals surface area contributed by atoms with Gasteiger partial charge in [-0.25, -0.2) is 14.8 Å². The number of anilines is 3. The van der Waals surface area contributed by atoms with Crippen LogP contribution in [0.2, 0.25) is 0 Å². The molecular formula is C16H16F3N5O2. The van der Waals surface area contributed by atoms with E-state index in [0.717, 1.165) is 43.9 Å². The zero-order valence-corrected chi connectivity index (χ0v) is 13.6. The van der Waals surface area contributed by atoms with E-state index in [9.17, 15) is 18.0 Å². The van der Waals surface area contributed by atoms with E-state index < -0.39 is 12.4 Å². The predicted molar refractivity (Wildman–Crippen MR) is 89.2 cm³/mol. The molecule has 7 nitrogen and oxygen atoms in total. The molecule has 3 rings (SSSR count). The number of nitrogens with zero attached hydrogens (tertiary/aromatic N) is 3. The Morgan fingerprint density at radius 2 is 1.77 bits per heavy atom. The number of benzene rings is 1. The molecule has 2 amide bonds. The minimum Gasteiger partial charge on any atom is -0.406 e. The summed E-state index contributed by atoms with van der Waals surface area (Å²) < 4.78 is 40.1. The highest BCUT2D eigenvalue weighted by Crippen LogP contribution is 2.24. The van der Waals surface area contributed by atoms with Crippen LogP contribution in [0.3, 0.4) is 0 Å². The standard InChI is InChI=1S/C16H16F3N5O2/c17-16(18,19)26-12-5-3-11(4-6-12)22-15(25)23-13-9-14(21-10-20-13)24-7-1-2-8-24/h3-6,9-10H,1-2,7-8H2,(H2,20,21,22,23,25). The molecule has 2 aromatic rings. The maximum atomic E-state index is 12.1. The molecule has 1 aromatic carbocycles. The fourth-order valence-corrected chi connectivity index (χ4v) is 2.55. The van der Waals surface area contributed by atoms with E-state index in [1.54, 1.807) is 6.07 Å². The van der Waals surface area contributed by atoms with E-state index in [0.29, 0.717) is 11.5 Å². The Hall–Kier alpha value is -3.04. The van der Waals surface area contributed by atoms with E-state index >= 15 is 0 Å². The van der Waals surface area contributed by atoms with Gasteiger partial charge in [-0.2, -0.15) is 0 Å². The molecule has 1 aliphatic rings. The van der Waals surface area contributed by atoms with Gasteiger partial charge in [-0.05, 0) is 37.1 Å². The number of hydrogen-bond acceptors (Lipinski definition) is 5. The van der Waals surface area contributed by atoms with E-state index in [4.69, 9.17) is 0 Å². The van der Waals surface area contributed by atoms with Crippen LogP contribution in [0.15, 0.2) is 36.7 Å². The van der Waals surface area contributed by atoms with Gasteiger partial charge in [-0.1, -0.05) is 0 Å². The average molecular weight is 367 g/mol. The van der Waals surface area contributed by atoms with Crippen molar-refractivity contribution in [2.24, 2.45) is 0 Å². The molecule has 1 aliphatic heterocycles. The Morgan fingerprint density at radius 3 is 2.42 bits per heavy atom. The van der Waals surface area contributed by atoms with E-state index in [1.165, 1.54) is 18.5 Å². The largest absolute Gasteiger partial charge is 0.573 e. The van der Waals surface area contributed by atoms with Crippen LogP contribution < -0.4 is 20.3 Å². The molecule has 0 spiro atoms. The van der Waals surface area contributed by atoms with Crippen LogP contribution in [0.5, 0.6) is 5.75 Å². The van der Waals surface area contributed by atoms with Gasteiger partial charge in [0.25, 0.3) is 0 Å². The summed E-state index contributed by atoms with van der Waals surface area (Å²) >= 11 is 0. The second-order valence-corrected chi connectivity index (χ2v) is 5.61. The average Bonchev–Trinajstić information content (AvgIpc) is 3.10. The molecule has 26 heavy (non-hydrogen) atoms. The summed E-state index contributed by atoms with van der Waals surface area (Å²) in [6.07, 6.45) is -1.19. The fraction of sp³-hybridized carbons (Fsp3) is 0.312. The Labute approximate surface area is 147 Å². The molecule has 2 N–H and O–H groups in total. The molecule has 0 aliphatic carbocycles. The van der Waals surface area contributed by atoms with Gasteiger partial charge in [0.1, 0.15) is 23.7 Å². The van der Waals surface area contributed by atoms with Crippen LogP contribution in [0, 0.1) is 0 Å². The van der Waals surface area contributed by atoms with Crippen molar-refractivity contribution in [1.29, 1.82) is 0 Å². The Bertz CT molecular complexity index is 761. The summed E-state index contributed by atoms with van der Waals surface area (Å²) in [7, 11) is 0. The number of carbonyl (C=O) groups is 1. The SMILES string of the molecule is O=C(Nc1ccc(OC(F)(F)F)cc1)Nc1cc(N2CCCC2)ncn1. The molecule has 1 fully saturated rings. The van der Waals surface area contributed by atoms with Crippen LogP contribution >= 0.6 is 0 Å². The van der Waals surface area contributed by atoms with Gasteiger partial charge < -0.3 is 15.0 Å². The summed E-state index contributed by atoms with van der Waals surface area (Å²) in [5.74, 6) is 0.701. The molecule has 0 unspecified atom stereocenters. The number of halogens is 3. The monoisotopic (exact) mass is 367 g/mol. The molecule has 0 radical (unpaired) electrons. The Kier molecular flexibility index (Phi) is 5.10. The lowest BCUT2D eigenvalue weighted by atomic mass is 10.3. The topological polar surface area (TPSA) is 79.4 Å². The number of urea groups is 1. The van der Waals surface area contributed by atoms with Crippen molar-refractivity contribution in [2.45, 2.75) is 19.2 Å².